The molecule has 0 bridgehead atoms. The van der Waals surface area contributed by atoms with Crippen LogP contribution in [0.3, 0.4) is 0 Å². The molecule has 0 radical (unpaired) electrons. The second kappa shape index (κ2) is 7.14. The molecule has 0 saturated heterocycles. The van der Waals surface area contributed by atoms with Gasteiger partial charge in [0.05, 0.1) is 4.90 Å². The van der Waals surface area contributed by atoms with Crippen molar-refractivity contribution in [3.8, 4) is 11.8 Å². The van der Waals surface area contributed by atoms with Gasteiger partial charge in [0.15, 0.2) is 0 Å². The van der Waals surface area contributed by atoms with Gasteiger partial charge in [-0.05, 0) is 46.0 Å². The van der Waals surface area contributed by atoms with Gasteiger partial charge >= 0.3 is 0 Å². The number of allylic oxidation sites excluding steroid dienone is 1. The maximum absolute atomic E-state index is 12.7. The molecule has 6 heteroatoms. The van der Waals surface area contributed by atoms with E-state index in [9.17, 15) is 18.8 Å². The Labute approximate surface area is 165 Å². The number of sulfone groups is 1. The van der Waals surface area contributed by atoms with E-state index in [1.54, 1.807) is 17.5 Å². The van der Waals surface area contributed by atoms with E-state index in [0.717, 1.165) is 0 Å². The standard InChI is InChI=1S/C21H25NO3S2/c1-20(2,3)17-10-14(11-18(19(17)23)21(4,5)6)9-16(12-22)27(24,25)15-7-8-26-13-15/h7-11,13,23H,1-6H3/b16-9-. The first-order chi connectivity index (χ1) is 12.3. The number of phenols is 1. The lowest BCUT2D eigenvalue weighted by atomic mass is 9.78. The molecule has 0 unspecified atom stereocenters. The first-order valence-electron chi connectivity index (χ1n) is 8.55. The number of thiophene rings is 1. The highest BCUT2D eigenvalue weighted by molar-refractivity contribution is 7.95. The van der Waals surface area contributed by atoms with Gasteiger partial charge in [-0.2, -0.15) is 16.6 Å². The third-order valence-electron chi connectivity index (χ3n) is 4.25. The van der Waals surface area contributed by atoms with E-state index in [2.05, 4.69) is 0 Å². The number of nitriles is 1. The van der Waals surface area contributed by atoms with Crippen LogP contribution < -0.4 is 0 Å². The minimum atomic E-state index is -3.86. The summed E-state index contributed by atoms with van der Waals surface area (Å²) in [4.78, 5) is -0.197. The third kappa shape index (κ3) is 4.42. The average Bonchev–Trinajstić information content (AvgIpc) is 3.06. The lowest BCUT2D eigenvalue weighted by molar-refractivity contribution is 0.423. The van der Waals surface area contributed by atoms with Gasteiger partial charge in [-0.25, -0.2) is 8.42 Å². The van der Waals surface area contributed by atoms with Crippen LogP contribution in [-0.2, 0) is 20.7 Å². The van der Waals surface area contributed by atoms with Crippen molar-refractivity contribution in [2.45, 2.75) is 57.3 Å². The fraction of sp³-hybridized carbons (Fsp3) is 0.381. The van der Waals surface area contributed by atoms with Crippen molar-refractivity contribution in [3.63, 3.8) is 0 Å². The molecule has 0 amide bonds. The van der Waals surface area contributed by atoms with E-state index in [1.165, 1.54) is 28.9 Å². The van der Waals surface area contributed by atoms with Crippen LogP contribution in [0.25, 0.3) is 6.08 Å². The Morgan fingerprint density at radius 1 is 1.11 bits per heavy atom. The smallest absolute Gasteiger partial charge is 0.217 e. The fourth-order valence-corrected chi connectivity index (χ4v) is 4.93. The van der Waals surface area contributed by atoms with E-state index in [-0.39, 0.29) is 26.4 Å². The molecule has 1 aromatic heterocycles. The Kier molecular flexibility index (Phi) is 5.61. The SMILES string of the molecule is CC(C)(C)c1cc(/C=C(/C#N)S(=O)(=O)c2ccsc2)cc(C(C)(C)C)c1O. The summed E-state index contributed by atoms with van der Waals surface area (Å²) in [5, 5.41) is 23.5. The molecule has 1 heterocycles. The number of hydrogen-bond acceptors (Lipinski definition) is 5. The molecule has 0 aliphatic rings. The third-order valence-corrected chi connectivity index (χ3v) is 6.75. The predicted molar refractivity (Wildman–Crippen MR) is 111 cm³/mol. The maximum Gasteiger partial charge on any atom is 0.217 e. The van der Waals surface area contributed by atoms with Crippen molar-refractivity contribution in [2.24, 2.45) is 0 Å². The van der Waals surface area contributed by atoms with Gasteiger partial charge in [-0.3, -0.25) is 0 Å². The first kappa shape index (κ1) is 21.2. The van der Waals surface area contributed by atoms with Crippen LogP contribution in [0.4, 0.5) is 0 Å². The highest BCUT2D eigenvalue weighted by Crippen LogP contribution is 2.40. The maximum atomic E-state index is 12.7. The lowest BCUT2D eigenvalue weighted by Crippen LogP contribution is -2.17. The van der Waals surface area contributed by atoms with Crippen LogP contribution in [-0.4, -0.2) is 13.5 Å². The summed E-state index contributed by atoms with van der Waals surface area (Å²) in [5.74, 6) is 0.214. The summed E-state index contributed by atoms with van der Waals surface area (Å²) in [6, 6.07) is 6.82. The van der Waals surface area contributed by atoms with Gasteiger partial charge in [0, 0.05) is 16.5 Å². The van der Waals surface area contributed by atoms with Crippen LogP contribution >= 0.6 is 11.3 Å². The van der Waals surface area contributed by atoms with E-state index >= 15 is 0 Å². The highest BCUT2D eigenvalue weighted by atomic mass is 32.2. The summed E-state index contributed by atoms with van der Waals surface area (Å²) in [5.41, 5.74) is 1.33. The van der Waals surface area contributed by atoms with Crippen LogP contribution in [0.5, 0.6) is 5.75 Å². The molecular weight excluding hydrogens is 378 g/mol. The zero-order valence-electron chi connectivity index (χ0n) is 16.5. The second-order valence-electron chi connectivity index (χ2n) is 8.55. The molecule has 0 fully saturated rings. The van der Waals surface area contributed by atoms with Crippen LogP contribution in [0.1, 0.15) is 58.2 Å². The van der Waals surface area contributed by atoms with Gasteiger partial charge in [0.25, 0.3) is 0 Å². The summed E-state index contributed by atoms with van der Waals surface area (Å²) in [7, 11) is -3.86. The van der Waals surface area contributed by atoms with Gasteiger partial charge < -0.3 is 5.11 Å². The topological polar surface area (TPSA) is 78.2 Å². The lowest BCUT2D eigenvalue weighted by Gasteiger charge is -2.28. The molecule has 1 N–H and O–H groups in total. The molecule has 2 aromatic rings. The molecule has 1 aromatic carbocycles. The summed E-state index contributed by atoms with van der Waals surface area (Å²) in [6.07, 6.45) is 1.39. The number of nitrogens with zero attached hydrogens (tertiary/aromatic N) is 1. The van der Waals surface area contributed by atoms with E-state index < -0.39 is 9.84 Å². The molecule has 0 atom stereocenters. The minimum absolute atomic E-state index is 0.117. The zero-order chi connectivity index (χ0) is 20.6. The molecular formula is C21H25NO3S2. The predicted octanol–water partition coefficient (Wildman–Crippen LogP) is 5.39. The molecule has 144 valence electrons. The van der Waals surface area contributed by atoms with Gasteiger partial charge in [0.2, 0.25) is 9.84 Å². The van der Waals surface area contributed by atoms with Crippen molar-refractivity contribution in [1.29, 1.82) is 5.26 Å². The highest BCUT2D eigenvalue weighted by Gasteiger charge is 2.27. The Morgan fingerprint density at radius 2 is 1.63 bits per heavy atom. The average molecular weight is 404 g/mol. The largest absolute Gasteiger partial charge is 0.507 e. The summed E-state index contributed by atoms with van der Waals surface area (Å²) in [6.45, 7) is 11.9. The number of aromatic hydroxyl groups is 1. The van der Waals surface area contributed by atoms with Gasteiger partial charge in [-0.1, -0.05) is 41.5 Å². The van der Waals surface area contributed by atoms with Crippen molar-refractivity contribution < 1.29 is 13.5 Å². The Bertz CT molecular complexity index is 976. The first-order valence-corrected chi connectivity index (χ1v) is 11.0. The van der Waals surface area contributed by atoms with Crippen molar-refractivity contribution in [2.75, 3.05) is 0 Å². The fourth-order valence-electron chi connectivity index (χ4n) is 2.74. The number of hydrogen-bond donors (Lipinski definition) is 1. The molecule has 0 saturated carbocycles. The number of rotatable bonds is 3. The summed E-state index contributed by atoms with van der Waals surface area (Å²) < 4.78 is 25.5. The molecule has 27 heavy (non-hydrogen) atoms. The minimum Gasteiger partial charge on any atom is -0.507 e. The monoisotopic (exact) mass is 403 g/mol. The Morgan fingerprint density at radius 3 is 2.00 bits per heavy atom. The van der Waals surface area contributed by atoms with Gasteiger partial charge in [0.1, 0.15) is 16.7 Å². The Balaban J connectivity index is 2.75. The molecule has 0 aliphatic heterocycles. The van der Waals surface area contributed by atoms with Gasteiger partial charge in [-0.15, -0.1) is 0 Å². The van der Waals surface area contributed by atoms with Crippen LogP contribution in [0, 0.1) is 11.3 Å². The van der Waals surface area contributed by atoms with E-state index in [0.29, 0.717) is 16.7 Å². The molecule has 0 aliphatic carbocycles. The van der Waals surface area contributed by atoms with E-state index in [1.807, 2.05) is 47.6 Å². The number of phenolic OH excluding ortho intramolecular Hbond substituents is 1. The summed E-state index contributed by atoms with van der Waals surface area (Å²) >= 11 is 1.27. The second-order valence-corrected chi connectivity index (χ2v) is 11.2. The molecule has 0 spiro atoms. The Hall–Kier alpha value is -2.10. The van der Waals surface area contributed by atoms with Crippen LogP contribution in [0.2, 0.25) is 0 Å². The molecule has 2 rings (SSSR count). The normalized spacial score (nSPS) is 13.4. The molecule has 4 nitrogen and oxygen atoms in total. The quantitative estimate of drug-likeness (QED) is 0.697. The zero-order valence-corrected chi connectivity index (χ0v) is 18.1. The number of benzene rings is 1. The van der Waals surface area contributed by atoms with Crippen molar-refractivity contribution in [3.05, 3.63) is 50.6 Å². The van der Waals surface area contributed by atoms with E-state index in [4.69, 9.17) is 0 Å². The van der Waals surface area contributed by atoms with Crippen molar-refractivity contribution >= 4 is 27.3 Å². The van der Waals surface area contributed by atoms with Crippen LogP contribution in [0.15, 0.2) is 38.8 Å². The van der Waals surface area contributed by atoms with Crippen molar-refractivity contribution in [1.82, 2.24) is 0 Å².